The Bertz CT molecular complexity index is 1020. The number of carboxylic acid groups (broad SMARTS) is 1. The Morgan fingerprint density at radius 1 is 1.04 bits per heavy atom. The van der Waals surface area contributed by atoms with E-state index in [4.69, 9.17) is 5.11 Å². The zero-order chi connectivity index (χ0) is 18.5. The topological polar surface area (TPSA) is 101 Å². The summed E-state index contributed by atoms with van der Waals surface area (Å²) in [5.41, 5.74) is 1.05. The number of carbonyl (C=O) groups excluding carboxylic acids is 1. The average molecular weight is 351 g/mol. The van der Waals surface area contributed by atoms with Crippen LogP contribution < -0.4 is 10.9 Å². The highest BCUT2D eigenvalue weighted by atomic mass is 16.4. The van der Waals surface area contributed by atoms with E-state index >= 15 is 0 Å². The minimum atomic E-state index is -1.00. The first kappa shape index (κ1) is 17.3. The third kappa shape index (κ3) is 3.94. The summed E-state index contributed by atoms with van der Waals surface area (Å²) in [6, 6.07) is 16.6. The lowest BCUT2D eigenvalue weighted by atomic mass is 10.0. The Kier molecular flexibility index (Phi) is 5.07. The number of benzene rings is 2. The minimum absolute atomic E-state index is 0.00588. The lowest BCUT2D eigenvalue weighted by molar-refractivity contribution is -0.136. The smallest absolute Gasteiger partial charge is 0.305 e. The standard InChI is InChI=1S/C19H17N3O4/c23-17(20-11-10-19(25)26)12-22-18(24)9-8-16(21-22)15-7-3-5-13-4-1-2-6-14(13)15/h1-9H,10-12H2,(H,20,23)(H,25,26). The van der Waals surface area contributed by atoms with Gasteiger partial charge in [0.1, 0.15) is 6.54 Å². The van der Waals surface area contributed by atoms with Gasteiger partial charge in [-0.3, -0.25) is 14.4 Å². The van der Waals surface area contributed by atoms with E-state index in [9.17, 15) is 14.4 Å². The van der Waals surface area contributed by atoms with Crippen LogP contribution in [0, 0.1) is 0 Å². The number of hydrogen-bond acceptors (Lipinski definition) is 4. The van der Waals surface area contributed by atoms with Crippen molar-refractivity contribution in [1.29, 1.82) is 0 Å². The van der Waals surface area contributed by atoms with Gasteiger partial charge in [-0.05, 0) is 16.8 Å². The molecule has 7 nitrogen and oxygen atoms in total. The number of amides is 1. The van der Waals surface area contributed by atoms with Crippen LogP contribution in [0.3, 0.4) is 0 Å². The molecule has 3 aromatic rings. The molecule has 0 aliphatic heterocycles. The molecule has 1 amide bonds. The van der Waals surface area contributed by atoms with Crippen LogP contribution in [-0.2, 0) is 16.1 Å². The van der Waals surface area contributed by atoms with Crippen LogP contribution in [0.25, 0.3) is 22.0 Å². The molecule has 26 heavy (non-hydrogen) atoms. The zero-order valence-corrected chi connectivity index (χ0v) is 13.9. The molecule has 132 valence electrons. The van der Waals surface area contributed by atoms with Crippen LogP contribution in [-0.4, -0.2) is 33.3 Å². The van der Waals surface area contributed by atoms with Gasteiger partial charge >= 0.3 is 5.97 Å². The normalized spacial score (nSPS) is 10.6. The molecule has 0 saturated carbocycles. The van der Waals surface area contributed by atoms with Gasteiger partial charge in [-0.2, -0.15) is 5.10 Å². The SMILES string of the molecule is O=C(O)CCNC(=O)Cn1nc(-c2cccc3ccccc23)ccc1=O. The van der Waals surface area contributed by atoms with Crippen LogP contribution in [0.5, 0.6) is 0 Å². The highest BCUT2D eigenvalue weighted by Gasteiger charge is 2.10. The first-order chi connectivity index (χ1) is 12.5. The fraction of sp³-hybridized carbons (Fsp3) is 0.158. The molecule has 0 bridgehead atoms. The van der Waals surface area contributed by atoms with Gasteiger partial charge in [-0.15, -0.1) is 0 Å². The third-order valence-corrected chi connectivity index (χ3v) is 3.89. The Morgan fingerprint density at radius 2 is 1.81 bits per heavy atom. The van der Waals surface area contributed by atoms with Crippen molar-refractivity contribution in [1.82, 2.24) is 15.1 Å². The molecule has 7 heteroatoms. The molecular weight excluding hydrogens is 334 g/mol. The molecule has 0 radical (unpaired) electrons. The van der Waals surface area contributed by atoms with Gasteiger partial charge in [-0.1, -0.05) is 42.5 Å². The van der Waals surface area contributed by atoms with Gasteiger partial charge in [0, 0.05) is 18.2 Å². The maximum Gasteiger partial charge on any atom is 0.305 e. The number of fused-ring (bicyclic) bond motifs is 1. The number of aliphatic carboxylic acids is 1. The largest absolute Gasteiger partial charge is 0.481 e. The fourth-order valence-electron chi connectivity index (χ4n) is 2.66. The van der Waals surface area contributed by atoms with Gasteiger partial charge in [0.2, 0.25) is 5.91 Å². The summed E-state index contributed by atoms with van der Waals surface area (Å²) < 4.78 is 1.08. The number of carbonyl (C=O) groups is 2. The molecule has 3 rings (SSSR count). The molecule has 0 atom stereocenters. The molecule has 2 N–H and O–H groups in total. The predicted octanol–water partition coefficient (Wildman–Crippen LogP) is 1.65. The molecular formula is C19H17N3O4. The van der Waals surface area contributed by atoms with Crippen molar-refractivity contribution in [3.63, 3.8) is 0 Å². The molecule has 2 aromatic carbocycles. The maximum atomic E-state index is 12.0. The number of aromatic nitrogens is 2. The Labute approximate surface area is 148 Å². The first-order valence-electron chi connectivity index (χ1n) is 8.09. The summed E-state index contributed by atoms with van der Waals surface area (Å²) in [6.45, 7) is -0.261. The van der Waals surface area contributed by atoms with E-state index in [0.717, 1.165) is 21.0 Å². The van der Waals surface area contributed by atoms with Crippen LogP contribution >= 0.6 is 0 Å². The van der Waals surface area contributed by atoms with Gasteiger partial charge in [0.05, 0.1) is 12.1 Å². The average Bonchev–Trinajstić information content (AvgIpc) is 2.63. The van der Waals surface area contributed by atoms with Crippen molar-refractivity contribution in [3.05, 3.63) is 65.0 Å². The maximum absolute atomic E-state index is 12.0. The zero-order valence-electron chi connectivity index (χ0n) is 13.9. The molecule has 0 fully saturated rings. The molecule has 0 unspecified atom stereocenters. The lowest BCUT2D eigenvalue weighted by Crippen LogP contribution is -2.34. The fourth-order valence-corrected chi connectivity index (χ4v) is 2.66. The number of carboxylic acids is 1. The van der Waals surface area contributed by atoms with Crippen LogP contribution in [0.1, 0.15) is 6.42 Å². The number of rotatable bonds is 6. The van der Waals surface area contributed by atoms with E-state index in [0.29, 0.717) is 5.69 Å². The number of nitrogens with zero attached hydrogens (tertiary/aromatic N) is 2. The lowest BCUT2D eigenvalue weighted by Gasteiger charge is -2.09. The summed E-state index contributed by atoms with van der Waals surface area (Å²) in [6.07, 6.45) is -0.176. The van der Waals surface area contributed by atoms with E-state index in [1.165, 1.54) is 6.07 Å². The van der Waals surface area contributed by atoms with Crippen molar-refractivity contribution in [2.75, 3.05) is 6.54 Å². The molecule has 1 aromatic heterocycles. The quantitative estimate of drug-likeness (QED) is 0.703. The predicted molar refractivity (Wildman–Crippen MR) is 96.7 cm³/mol. The highest BCUT2D eigenvalue weighted by Crippen LogP contribution is 2.26. The summed E-state index contributed by atoms with van der Waals surface area (Å²) in [4.78, 5) is 34.4. The van der Waals surface area contributed by atoms with Crippen molar-refractivity contribution < 1.29 is 14.7 Å². The van der Waals surface area contributed by atoms with Crippen molar-refractivity contribution in [2.45, 2.75) is 13.0 Å². The second kappa shape index (κ2) is 7.60. The van der Waals surface area contributed by atoms with Gasteiger partial charge < -0.3 is 10.4 Å². The van der Waals surface area contributed by atoms with Crippen molar-refractivity contribution >= 4 is 22.6 Å². The van der Waals surface area contributed by atoms with E-state index in [2.05, 4.69) is 10.4 Å². The van der Waals surface area contributed by atoms with Crippen LogP contribution in [0.15, 0.2) is 59.4 Å². The summed E-state index contributed by atoms with van der Waals surface area (Å²) in [5, 5.41) is 17.4. The van der Waals surface area contributed by atoms with Gasteiger partial charge in [0.25, 0.3) is 5.56 Å². The first-order valence-corrected chi connectivity index (χ1v) is 8.09. The van der Waals surface area contributed by atoms with E-state index in [1.807, 2.05) is 42.5 Å². The molecule has 0 spiro atoms. The Balaban J connectivity index is 1.87. The molecule has 0 saturated heterocycles. The summed E-state index contributed by atoms with van der Waals surface area (Å²) in [7, 11) is 0. The minimum Gasteiger partial charge on any atom is -0.481 e. The number of nitrogens with one attached hydrogen (secondary N) is 1. The van der Waals surface area contributed by atoms with Gasteiger partial charge in [-0.25, -0.2) is 4.68 Å². The van der Waals surface area contributed by atoms with E-state index in [-0.39, 0.29) is 19.5 Å². The Morgan fingerprint density at radius 3 is 2.62 bits per heavy atom. The van der Waals surface area contributed by atoms with Gasteiger partial charge in [0.15, 0.2) is 0 Å². The second-order valence-corrected chi connectivity index (χ2v) is 5.73. The van der Waals surface area contributed by atoms with Crippen LogP contribution in [0.2, 0.25) is 0 Å². The summed E-state index contributed by atoms with van der Waals surface area (Å²) >= 11 is 0. The van der Waals surface area contributed by atoms with E-state index in [1.54, 1.807) is 6.07 Å². The monoisotopic (exact) mass is 351 g/mol. The van der Waals surface area contributed by atoms with Crippen molar-refractivity contribution in [3.8, 4) is 11.3 Å². The summed E-state index contributed by atoms with van der Waals surface area (Å²) in [5.74, 6) is -1.46. The molecule has 0 aliphatic carbocycles. The number of hydrogen-bond donors (Lipinski definition) is 2. The van der Waals surface area contributed by atoms with Crippen LogP contribution in [0.4, 0.5) is 0 Å². The molecule has 0 aliphatic rings. The second-order valence-electron chi connectivity index (χ2n) is 5.73. The van der Waals surface area contributed by atoms with Crippen molar-refractivity contribution in [2.24, 2.45) is 0 Å². The Hall–Kier alpha value is -3.48. The molecule has 1 heterocycles. The van der Waals surface area contributed by atoms with E-state index < -0.39 is 17.4 Å². The third-order valence-electron chi connectivity index (χ3n) is 3.89. The highest BCUT2D eigenvalue weighted by molar-refractivity contribution is 5.95.